The van der Waals surface area contributed by atoms with E-state index in [1.807, 2.05) is 13.0 Å². The Morgan fingerprint density at radius 1 is 1.35 bits per heavy atom. The third-order valence-electron chi connectivity index (χ3n) is 3.78. The smallest absolute Gasteiger partial charge is 0.404 e. The number of rotatable bonds is 4. The Balaban J connectivity index is 3.54. The van der Waals surface area contributed by atoms with Gasteiger partial charge in [0.15, 0.2) is 11.4 Å². The van der Waals surface area contributed by atoms with Gasteiger partial charge < -0.3 is 10.1 Å². The van der Waals surface area contributed by atoms with Crippen molar-refractivity contribution in [2.45, 2.75) is 33.6 Å². The van der Waals surface area contributed by atoms with Gasteiger partial charge in [-0.15, -0.1) is 0 Å². The second-order valence-electron chi connectivity index (χ2n) is 5.94. The minimum absolute atomic E-state index is 0.376. The Bertz CT molecular complexity index is 493. The molecule has 1 aromatic carbocycles. The van der Waals surface area contributed by atoms with Crippen LogP contribution in [0, 0.1) is 6.92 Å². The van der Waals surface area contributed by atoms with E-state index in [2.05, 4.69) is 46.2 Å². The Morgan fingerprint density at radius 2 is 1.95 bits per heavy atom. The topological polar surface area (TPSA) is 38.3 Å². The fourth-order valence-electron chi connectivity index (χ4n) is 2.21. The van der Waals surface area contributed by atoms with Crippen LogP contribution in [0.4, 0.5) is 10.5 Å². The molecule has 20 heavy (non-hydrogen) atoms. The van der Waals surface area contributed by atoms with Gasteiger partial charge in [0, 0.05) is 12.6 Å². The Labute approximate surface area is 122 Å². The normalized spacial score (nSPS) is 11.6. The number of ether oxygens (including phenoxy) is 1. The highest BCUT2D eigenvalue weighted by Crippen LogP contribution is 2.41. The molecule has 0 saturated heterocycles. The lowest BCUT2D eigenvalue weighted by atomic mass is 9.96. The largest absolute Gasteiger partial charge is 0.412 e. The van der Waals surface area contributed by atoms with Gasteiger partial charge in [0.2, 0.25) is 0 Å². The van der Waals surface area contributed by atoms with Gasteiger partial charge in [0.1, 0.15) is 0 Å². The van der Waals surface area contributed by atoms with Crippen molar-refractivity contribution in [2.75, 3.05) is 27.7 Å². The molecule has 0 aliphatic carbocycles. The van der Waals surface area contributed by atoms with E-state index in [1.165, 1.54) is 5.56 Å². The predicted octanol–water partition coefficient (Wildman–Crippen LogP) is 3.42. The summed E-state index contributed by atoms with van der Waals surface area (Å²) in [6.07, 6.45) is -0.425. The first-order chi connectivity index (χ1) is 9.24. The van der Waals surface area contributed by atoms with Crippen molar-refractivity contribution in [1.82, 2.24) is 9.80 Å². The number of nitrogens with one attached hydrogen (secondary N) is 1. The molecule has 0 aromatic heterocycles. The minimum atomic E-state index is -0.425. The highest BCUT2D eigenvalue weighted by atomic mass is 16.6. The lowest BCUT2D eigenvalue weighted by molar-refractivity contribution is 0.201. The van der Waals surface area contributed by atoms with Crippen molar-refractivity contribution in [3.8, 4) is 5.75 Å². The van der Waals surface area contributed by atoms with Crippen molar-refractivity contribution in [3.63, 3.8) is 0 Å². The first-order valence-corrected chi connectivity index (χ1v) is 7.11. The van der Waals surface area contributed by atoms with E-state index >= 15 is 0 Å². The third-order valence-corrected chi connectivity index (χ3v) is 3.78. The van der Waals surface area contributed by atoms with Crippen molar-refractivity contribution < 1.29 is 9.53 Å². The molecule has 4 nitrogen and oxygen atoms in total. The Morgan fingerprint density at radius 3 is 2.40 bits per heavy atom. The second-order valence-corrected chi connectivity index (χ2v) is 5.94. The van der Waals surface area contributed by atoms with Crippen LogP contribution in [0.15, 0.2) is 12.1 Å². The SMILES string of the molecule is CC[N+](C)(C)c1c(C(C)C)ccc(C)c1OC(=O)NC. The molecule has 1 rings (SSSR count). The monoisotopic (exact) mass is 279 g/mol. The van der Waals surface area contributed by atoms with Crippen molar-refractivity contribution in [1.29, 1.82) is 0 Å². The molecular formula is C16H27N2O2+. The van der Waals surface area contributed by atoms with Gasteiger partial charge in [-0.05, 0) is 25.3 Å². The summed E-state index contributed by atoms with van der Waals surface area (Å²) in [7, 11) is 5.85. The van der Waals surface area contributed by atoms with E-state index in [0.717, 1.165) is 17.8 Å². The standard InChI is InChI=1S/C16H26N2O2/c1-8-18(6,7)14-13(11(2)3)10-9-12(4)15(14)20-16(19)17-5/h9-11H,8H2,1-7H3/p+1. The summed E-state index contributed by atoms with van der Waals surface area (Å²) < 4.78 is 6.22. The molecule has 0 spiro atoms. The summed E-state index contributed by atoms with van der Waals surface area (Å²) >= 11 is 0. The lowest BCUT2D eigenvalue weighted by Crippen LogP contribution is -2.41. The van der Waals surface area contributed by atoms with Crippen LogP contribution in [-0.2, 0) is 0 Å². The molecule has 1 N–H and O–H groups in total. The van der Waals surface area contributed by atoms with Crippen LogP contribution >= 0.6 is 0 Å². The molecule has 0 bridgehead atoms. The molecule has 1 amide bonds. The molecule has 0 fully saturated rings. The van der Waals surface area contributed by atoms with Gasteiger partial charge >= 0.3 is 6.09 Å². The molecule has 0 unspecified atom stereocenters. The number of quaternary nitrogens is 1. The van der Waals surface area contributed by atoms with E-state index < -0.39 is 6.09 Å². The van der Waals surface area contributed by atoms with Crippen LogP contribution in [0.3, 0.4) is 0 Å². The third kappa shape index (κ3) is 3.31. The summed E-state index contributed by atoms with van der Waals surface area (Å²) in [4.78, 5) is 11.6. The van der Waals surface area contributed by atoms with E-state index in [9.17, 15) is 4.79 Å². The Kier molecular flexibility index (Phi) is 5.17. The minimum Gasteiger partial charge on any atom is -0.404 e. The summed E-state index contributed by atoms with van der Waals surface area (Å²) in [5.74, 6) is 1.06. The molecule has 4 heteroatoms. The highest BCUT2D eigenvalue weighted by Gasteiger charge is 2.29. The number of nitrogens with zero attached hydrogens (tertiary/aromatic N) is 1. The zero-order valence-electron chi connectivity index (χ0n) is 13.7. The fraction of sp³-hybridized carbons (Fsp3) is 0.562. The maximum absolute atomic E-state index is 11.6. The molecule has 0 aliphatic rings. The van der Waals surface area contributed by atoms with Crippen LogP contribution in [-0.4, -0.2) is 33.8 Å². The number of hydrogen-bond donors (Lipinski definition) is 1. The molecule has 0 heterocycles. The quantitative estimate of drug-likeness (QED) is 0.858. The summed E-state index contributed by atoms with van der Waals surface area (Å²) in [6.45, 7) is 9.35. The molecule has 0 saturated carbocycles. The Hall–Kier alpha value is -1.55. The average molecular weight is 279 g/mol. The second kappa shape index (κ2) is 6.27. The average Bonchev–Trinajstić information content (AvgIpc) is 2.39. The van der Waals surface area contributed by atoms with Crippen LogP contribution in [0.2, 0.25) is 0 Å². The molecule has 112 valence electrons. The van der Waals surface area contributed by atoms with Gasteiger partial charge in [-0.2, -0.15) is 0 Å². The number of amides is 1. The molecule has 0 radical (unpaired) electrons. The maximum Gasteiger partial charge on any atom is 0.412 e. The molecule has 1 aromatic rings. The lowest BCUT2D eigenvalue weighted by Gasteiger charge is -2.32. The van der Waals surface area contributed by atoms with Crippen LogP contribution in [0.25, 0.3) is 0 Å². The van der Waals surface area contributed by atoms with Crippen LogP contribution < -0.4 is 14.5 Å². The van der Waals surface area contributed by atoms with Gasteiger partial charge in [-0.3, -0.25) is 4.48 Å². The molecular weight excluding hydrogens is 252 g/mol. The van der Waals surface area contributed by atoms with E-state index in [1.54, 1.807) is 7.05 Å². The highest BCUT2D eigenvalue weighted by molar-refractivity contribution is 5.75. The number of benzene rings is 1. The van der Waals surface area contributed by atoms with E-state index in [4.69, 9.17) is 4.74 Å². The van der Waals surface area contributed by atoms with Gasteiger partial charge in [0.05, 0.1) is 20.6 Å². The zero-order valence-corrected chi connectivity index (χ0v) is 13.7. The summed E-state index contributed by atoms with van der Waals surface area (Å²) in [5, 5.41) is 2.52. The number of carbonyl (C=O) groups is 1. The van der Waals surface area contributed by atoms with Crippen LogP contribution in [0.1, 0.15) is 37.8 Å². The van der Waals surface area contributed by atoms with Crippen molar-refractivity contribution in [3.05, 3.63) is 23.3 Å². The van der Waals surface area contributed by atoms with Crippen LogP contribution in [0.5, 0.6) is 5.75 Å². The fourth-order valence-corrected chi connectivity index (χ4v) is 2.21. The summed E-state index contributed by atoms with van der Waals surface area (Å²) in [5.41, 5.74) is 3.29. The van der Waals surface area contributed by atoms with E-state index in [0.29, 0.717) is 16.2 Å². The van der Waals surface area contributed by atoms with Crippen molar-refractivity contribution >= 4 is 11.8 Å². The number of hydrogen-bond acceptors (Lipinski definition) is 2. The summed E-state index contributed by atoms with van der Waals surface area (Å²) in [6, 6.07) is 4.16. The van der Waals surface area contributed by atoms with Gasteiger partial charge in [-0.1, -0.05) is 26.0 Å². The number of carbonyl (C=O) groups excluding carboxylic acids is 1. The first-order valence-electron chi connectivity index (χ1n) is 7.11. The van der Waals surface area contributed by atoms with Gasteiger partial charge in [0.25, 0.3) is 0 Å². The maximum atomic E-state index is 11.6. The number of aryl methyl sites for hydroxylation is 1. The van der Waals surface area contributed by atoms with Crippen molar-refractivity contribution in [2.24, 2.45) is 0 Å². The molecule has 0 atom stereocenters. The first kappa shape index (κ1) is 16.5. The zero-order chi connectivity index (χ0) is 15.5. The van der Waals surface area contributed by atoms with E-state index in [-0.39, 0.29) is 0 Å². The predicted molar refractivity (Wildman–Crippen MR) is 84.5 cm³/mol. The van der Waals surface area contributed by atoms with Gasteiger partial charge in [-0.25, -0.2) is 4.79 Å². The molecule has 0 aliphatic heterocycles.